The second-order valence-corrected chi connectivity index (χ2v) is 2.86. The summed E-state index contributed by atoms with van der Waals surface area (Å²) in [7, 11) is -4.50. The van der Waals surface area contributed by atoms with Crippen molar-refractivity contribution >= 4 is 96.5 Å². The number of rotatable bonds is 4. The molecule has 1 atom stereocenters. The molecule has 0 radical (unpaired) electrons. The Balaban J connectivity index is -0.000000135. The molecule has 0 saturated carbocycles. The van der Waals surface area contributed by atoms with E-state index in [1.165, 1.54) is 0 Å². The van der Waals surface area contributed by atoms with Gasteiger partial charge >= 0.3 is 96.5 Å². The van der Waals surface area contributed by atoms with Gasteiger partial charge in [0.05, 0.1) is 13.2 Å². The molecule has 0 amide bonds. The molecule has 0 aromatic carbocycles. The van der Waals surface area contributed by atoms with Gasteiger partial charge in [-0.3, -0.25) is 4.52 Å². The van der Waals surface area contributed by atoms with Crippen molar-refractivity contribution in [3.05, 3.63) is 0 Å². The van der Waals surface area contributed by atoms with E-state index < -0.39 is 27.1 Å². The van der Waals surface area contributed by atoms with Crippen LogP contribution in [0.1, 0.15) is 0 Å². The van der Waals surface area contributed by atoms with Crippen molar-refractivity contribution in [2.45, 2.75) is 6.10 Å². The first kappa shape index (κ1) is 25.0. The van der Waals surface area contributed by atoms with Crippen LogP contribution in [0.5, 0.6) is 0 Å². The van der Waals surface area contributed by atoms with Crippen molar-refractivity contribution in [3.8, 4) is 0 Å². The number of hydrogen-bond acceptors (Lipinski definition) is 4. The molecular formula is C3H12Na3O6P. The van der Waals surface area contributed by atoms with Crippen LogP contribution >= 0.6 is 7.82 Å². The van der Waals surface area contributed by atoms with Gasteiger partial charge in [-0.15, -0.1) is 0 Å². The average molecular weight is 244 g/mol. The van der Waals surface area contributed by atoms with Gasteiger partial charge in [0.1, 0.15) is 6.10 Å². The first-order valence-corrected chi connectivity index (χ1v) is 3.98. The standard InChI is InChI=1S/C3H9O6P.3Na.3H/c4-1-3(5)2-9-10(6,7)8;;;;;;/h3-5H,1-2H2,(H2,6,7,8);;;;;;. The summed E-state index contributed by atoms with van der Waals surface area (Å²) in [5, 5.41) is 16.7. The van der Waals surface area contributed by atoms with Crippen molar-refractivity contribution in [2.24, 2.45) is 0 Å². The molecule has 6 nitrogen and oxygen atoms in total. The van der Waals surface area contributed by atoms with Crippen LogP contribution in [0.2, 0.25) is 0 Å². The van der Waals surface area contributed by atoms with Gasteiger partial charge in [0.15, 0.2) is 0 Å². The van der Waals surface area contributed by atoms with Gasteiger partial charge in [0.2, 0.25) is 0 Å². The van der Waals surface area contributed by atoms with Crippen LogP contribution in [0.15, 0.2) is 0 Å². The van der Waals surface area contributed by atoms with E-state index in [-0.39, 0.29) is 88.7 Å². The Labute approximate surface area is 143 Å². The predicted octanol–water partition coefficient (Wildman–Crippen LogP) is -3.50. The van der Waals surface area contributed by atoms with Crippen LogP contribution in [-0.4, -0.2) is 128 Å². The van der Waals surface area contributed by atoms with E-state index in [9.17, 15) is 4.57 Å². The van der Waals surface area contributed by atoms with Crippen molar-refractivity contribution in [1.29, 1.82) is 0 Å². The Hall–Kier alpha value is 3.03. The Morgan fingerprint density at radius 2 is 1.62 bits per heavy atom. The summed E-state index contributed by atoms with van der Waals surface area (Å²) in [4.78, 5) is 16.1. The third-order valence-electron chi connectivity index (χ3n) is 0.646. The summed E-state index contributed by atoms with van der Waals surface area (Å²) in [6.45, 7) is -1.15. The minimum absolute atomic E-state index is 0. The van der Waals surface area contributed by atoms with E-state index >= 15 is 0 Å². The van der Waals surface area contributed by atoms with Gasteiger partial charge in [-0.25, -0.2) is 4.57 Å². The van der Waals surface area contributed by atoms with Gasteiger partial charge < -0.3 is 20.0 Å². The monoisotopic (exact) mass is 244 g/mol. The van der Waals surface area contributed by atoms with Gasteiger partial charge in [-0.05, 0) is 0 Å². The molecule has 0 aromatic heterocycles. The van der Waals surface area contributed by atoms with Crippen LogP contribution in [0, 0.1) is 0 Å². The maximum absolute atomic E-state index is 9.93. The molecule has 13 heavy (non-hydrogen) atoms. The summed E-state index contributed by atoms with van der Waals surface area (Å²) in [6, 6.07) is 0. The first-order chi connectivity index (χ1) is 4.45. The molecule has 0 saturated heterocycles. The molecule has 0 aliphatic rings. The zero-order valence-electron chi connectivity index (χ0n) is 5.04. The second kappa shape index (κ2) is 13.1. The van der Waals surface area contributed by atoms with E-state index in [1.807, 2.05) is 0 Å². The molecule has 10 heteroatoms. The zero-order valence-corrected chi connectivity index (χ0v) is 5.94. The fraction of sp³-hybridized carbons (Fsp3) is 1.00. The Bertz CT molecular complexity index is 139. The maximum atomic E-state index is 9.93. The summed E-state index contributed by atoms with van der Waals surface area (Å²) in [5.74, 6) is 0. The molecule has 68 valence electrons. The molecular weight excluding hydrogens is 232 g/mol. The van der Waals surface area contributed by atoms with Gasteiger partial charge in [0.25, 0.3) is 0 Å². The molecule has 0 spiro atoms. The third-order valence-corrected chi connectivity index (χ3v) is 1.13. The van der Waals surface area contributed by atoms with Crippen LogP contribution in [0.3, 0.4) is 0 Å². The molecule has 0 rings (SSSR count). The number of aliphatic hydroxyl groups excluding tert-OH is 2. The van der Waals surface area contributed by atoms with Crippen molar-refractivity contribution in [1.82, 2.24) is 0 Å². The molecule has 4 N–H and O–H groups in total. The zero-order chi connectivity index (χ0) is 8.20. The van der Waals surface area contributed by atoms with E-state index in [4.69, 9.17) is 20.0 Å². The quantitative estimate of drug-likeness (QED) is 0.302. The molecule has 0 aliphatic carbocycles. The Morgan fingerprint density at radius 1 is 1.23 bits per heavy atom. The third kappa shape index (κ3) is 21.0. The summed E-state index contributed by atoms with van der Waals surface area (Å²) in [6.07, 6.45) is -1.24. The van der Waals surface area contributed by atoms with Gasteiger partial charge in [-0.2, -0.15) is 0 Å². The van der Waals surface area contributed by atoms with Crippen molar-refractivity contribution < 1.29 is 29.1 Å². The van der Waals surface area contributed by atoms with Gasteiger partial charge in [-0.1, -0.05) is 0 Å². The number of aliphatic hydroxyl groups is 2. The Kier molecular flexibility index (Phi) is 25.2. The SMILES string of the molecule is O=P(O)(O)OCC(O)CO.[NaH].[NaH].[NaH]. The first-order valence-electron chi connectivity index (χ1n) is 2.44. The molecule has 0 aliphatic heterocycles. The minimum atomic E-state index is -4.50. The molecule has 1 unspecified atom stereocenters. The van der Waals surface area contributed by atoms with Crippen LogP contribution in [-0.2, 0) is 9.09 Å². The molecule has 0 heterocycles. The number of phosphoric acid groups is 1. The summed E-state index contributed by atoms with van der Waals surface area (Å²) < 4.78 is 13.8. The number of hydrogen-bond donors (Lipinski definition) is 4. The van der Waals surface area contributed by atoms with Crippen LogP contribution < -0.4 is 0 Å². The van der Waals surface area contributed by atoms with Crippen LogP contribution in [0.4, 0.5) is 0 Å². The van der Waals surface area contributed by atoms with Crippen molar-refractivity contribution in [2.75, 3.05) is 13.2 Å². The van der Waals surface area contributed by atoms with E-state index in [1.54, 1.807) is 0 Å². The molecule has 0 bridgehead atoms. The topological polar surface area (TPSA) is 107 Å². The molecule has 0 aromatic rings. The number of phosphoric ester groups is 1. The van der Waals surface area contributed by atoms with E-state index in [0.29, 0.717) is 0 Å². The average Bonchev–Trinajstić information content (AvgIpc) is 1.81. The predicted molar refractivity (Wildman–Crippen MR) is 52.5 cm³/mol. The summed E-state index contributed by atoms with van der Waals surface area (Å²) >= 11 is 0. The fourth-order valence-corrected chi connectivity index (χ4v) is 0.602. The van der Waals surface area contributed by atoms with Gasteiger partial charge in [0, 0.05) is 0 Å². The Morgan fingerprint density at radius 3 is 1.85 bits per heavy atom. The van der Waals surface area contributed by atoms with E-state index in [2.05, 4.69) is 4.52 Å². The fourth-order valence-electron chi connectivity index (χ4n) is 0.236. The normalized spacial score (nSPS) is 11.7. The van der Waals surface area contributed by atoms with Crippen molar-refractivity contribution in [3.63, 3.8) is 0 Å². The summed E-state index contributed by atoms with van der Waals surface area (Å²) in [5.41, 5.74) is 0. The van der Waals surface area contributed by atoms with Crippen LogP contribution in [0.25, 0.3) is 0 Å². The molecule has 0 fully saturated rings. The second-order valence-electron chi connectivity index (χ2n) is 1.62. The van der Waals surface area contributed by atoms with E-state index in [0.717, 1.165) is 0 Å².